The molecule has 1 aromatic carbocycles. The fourth-order valence-corrected chi connectivity index (χ4v) is 1.75. The summed E-state index contributed by atoms with van der Waals surface area (Å²) in [6, 6.07) is 5.87. The van der Waals surface area contributed by atoms with Crippen molar-refractivity contribution in [3.63, 3.8) is 0 Å². The molecule has 1 heterocycles. The molecule has 2 rings (SSSR count). The molecule has 0 amide bonds. The molecule has 0 unspecified atom stereocenters. The van der Waals surface area contributed by atoms with Gasteiger partial charge in [0.25, 0.3) is 0 Å². The maximum atomic E-state index is 12.0. The number of ether oxygens (including phenoxy) is 1. The number of nitrogens with one attached hydrogen (secondary N) is 1. The topological polar surface area (TPSA) is 98.0 Å². The molecular formula is C11H10F2N4O2S. The summed E-state index contributed by atoms with van der Waals surface area (Å²) < 4.78 is 33.2. The van der Waals surface area contributed by atoms with E-state index in [1.807, 2.05) is 0 Å². The van der Waals surface area contributed by atoms with Gasteiger partial charge in [-0.2, -0.15) is 13.8 Å². The van der Waals surface area contributed by atoms with E-state index in [0.717, 1.165) is 11.8 Å². The smallest absolute Gasteiger partial charge is 0.387 e. The van der Waals surface area contributed by atoms with E-state index in [-0.39, 0.29) is 10.9 Å². The van der Waals surface area contributed by atoms with E-state index >= 15 is 0 Å². The summed E-state index contributed by atoms with van der Waals surface area (Å²) in [5.74, 6) is 1.01. The summed E-state index contributed by atoms with van der Waals surface area (Å²) in [6.07, 6.45) is 0. The van der Waals surface area contributed by atoms with Crippen LogP contribution in [0.4, 0.5) is 8.78 Å². The first kappa shape index (κ1) is 14.3. The number of thioether (sulfide) groups is 1. The minimum atomic E-state index is -2.86. The van der Waals surface area contributed by atoms with E-state index < -0.39 is 6.61 Å². The first-order valence-corrected chi connectivity index (χ1v) is 6.38. The van der Waals surface area contributed by atoms with Crippen LogP contribution in [0.1, 0.15) is 5.89 Å². The third-order valence-corrected chi connectivity index (χ3v) is 2.86. The van der Waals surface area contributed by atoms with E-state index in [1.54, 1.807) is 12.1 Å². The van der Waals surface area contributed by atoms with Gasteiger partial charge in [-0.1, -0.05) is 16.9 Å². The van der Waals surface area contributed by atoms with E-state index in [4.69, 9.17) is 15.7 Å². The SMILES string of the molecule is N=C(N)SCc1nc(-c2ccc(OC(F)F)cc2)no1. The van der Waals surface area contributed by atoms with Gasteiger partial charge < -0.3 is 15.0 Å². The van der Waals surface area contributed by atoms with E-state index in [1.165, 1.54) is 12.1 Å². The maximum absolute atomic E-state index is 12.0. The number of aromatic nitrogens is 2. The highest BCUT2D eigenvalue weighted by atomic mass is 32.2. The van der Waals surface area contributed by atoms with Crippen molar-refractivity contribution in [2.24, 2.45) is 5.73 Å². The third kappa shape index (κ3) is 3.92. The molecule has 0 aliphatic rings. The predicted octanol–water partition coefficient (Wildman–Crippen LogP) is 2.46. The van der Waals surface area contributed by atoms with Crippen LogP contribution in [0.2, 0.25) is 0 Å². The Kier molecular flexibility index (Phi) is 4.51. The number of amidine groups is 1. The molecular weight excluding hydrogens is 290 g/mol. The number of halogens is 2. The van der Waals surface area contributed by atoms with Crippen LogP contribution in [-0.2, 0) is 5.75 Å². The van der Waals surface area contributed by atoms with Crippen LogP contribution in [-0.4, -0.2) is 21.9 Å². The fourth-order valence-electron chi connectivity index (χ4n) is 1.36. The first-order valence-electron chi connectivity index (χ1n) is 5.39. The lowest BCUT2D eigenvalue weighted by atomic mass is 10.2. The number of rotatable bonds is 5. The van der Waals surface area contributed by atoms with Gasteiger partial charge in [0, 0.05) is 5.56 Å². The zero-order valence-corrected chi connectivity index (χ0v) is 10.9. The molecule has 0 saturated carbocycles. The van der Waals surface area contributed by atoms with Crippen LogP contribution in [0.5, 0.6) is 5.75 Å². The van der Waals surface area contributed by atoms with Crippen molar-refractivity contribution in [3.8, 4) is 17.1 Å². The maximum Gasteiger partial charge on any atom is 0.387 e. The molecule has 3 N–H and O–H groups in total. The van der Waals surface area contributed by atoms with Gasteiger partial charge in [0.2, 0.25) is 11.7 Å². The van der Waals surface area contributed by atoms with Gasteiger partial charge >= 0.3 is 6.61 Å². The molecule has 0 aliphatic heterocycles. The Morgan fingerprint density at radius 2 is 2.10 bits per heavy atom. The minimum absolute atomic E-state index is 0.0433. The van der Waals surface area contributed by atoms with Crippen molar-refractivity contribution in [2.75, 3.05) is 0 Å². The summed E-state index contributed by atoms with van der Waals surface area (Å²) in [6.45, 7) is -2.86. The Morgan fingerprint density at radius 1 is 1.40 bits per heavy atom. The van der Waals surface area contributed by atoms with E-state index in [0.29, 0.717) is 23.0 Å². The van der Waals surface area contributed by atoms with E-state index in [2.05, 4.69) is 14.9 Å². The van der Waals surface area contributed by atoms with Crippen molar-refractivity contribution in [1.82, 2.24) is 10.1 Å². The molecule has 106 valence electrons. The minimum Gasteiger partial charge on any atom is -0.435 e. The molecule has 9 heteroatoms. The number of benzene rings is 1. The molecule has 0 radical (unpaired) electrons. The number of alkyl halides is 2. The van der Waals surface area contributed by atoms with Gasteiger partial charge in [-0.3, -0.25) is 5.41 Å². The second kappa shape index (κ2) is 6.33. The summed E-state index contributed by atoms with van der Waals surface area (Å²) in [7, 11) is 0. The lowest BCUT2D eigenvalue weighted by Gasteiger charge is -2.03. The molecule has 1 aromatic heterocycles. The van der Waals surface area contributed by atoms with Crippen molar-refractivity contribution < 1.29 is 18.0 Å². The molecule has 0 spiro atoms. The average molecular weight is 300 g/mol. The third-order valence-electron chi connectivity index (χ3n) is 2.16. The quantitative estimate of drug-likeness (QED) is 0.650. The Hall–Kier alpha value is -2.16. The van der Waals surface area contributed by atoms with Gasteiger partial charge in [-0.15, -0.1) is 0 Å². The molecule has 20 heavy (non-hydrogen) atoms. The number of hydrogen-bond donors (Lipinski definition) is 2. The van der Waals surface area contributed by atoms with Crippen LogP contribution in [0.25, 0.3) is 11.4 Å². The number of nitrogens with zero attached hydrogens (tertiary/aromatic N) is 2. The van der Waals surface area contributed by atoms with Gasteiger partial charge in [0.15, 0.2) is 5.17 Å². The molecule has 0 bridgehead atoms. The predicted molar refractivity (Wildman–Crippen MR) is 69.6 cm³/mol. The Balaban J connectivity index is 2.06. The lowest BCUT2D eigenvalue weighted by Crippen LogP contribution is -2.03. The Morgan fingerprint density at radius 3 is 2.70 bits per heavy atom. The highest BCUT2D eigenvalue weighted by molar-refractivity contribution is 8.12. The fraction of sp³-hybridized carbons (Fsp3) is 0.182. The summed E-state index contributed by atoms with van der Waals surface area (Å²) in [5.41, 5.74) is 5.80. The monoisotopic (exact) mass is 300 g/mol. The highest BCUT2D eigenvalue weighted by Gasteiger charge is 2.10. The van der Waals surface area contributed by atoms with Crippen molar-refractivity contribution in [1.29, 1.82) is 5.41 Å². The van der Waals surface area contributed by atoms with Crippen LogP contribution in [0, 0.1) is 5.41 Å². The van der Waals surface area contributed by atoms with Gasteiger partial charge in [-0.25, -0.2) is 0 Å². The van der Waals surface area contributed by atoms with Crippen LogP contribution in [0.3, 0.4) is 0 Å². The van der Waals surface area contributed by atoms with Gasteiger partial charge in [0.1, 0.15) is 5.75 Å². The van der Waals surface area contributed by atoms with Gasteiger partial charge in [0.05, 0.1) is 5.75 Å². The van der Waals surface area contributed by atoms with Crippen LogP contribution < -0.4 is 10.5 Å². The summed E-state index contributed by atoms with van der Waals surface area (Å²) in [4.78, 5) is 4.10. The number of hydrogen-bond acceptors (Lipinski definition) is 6. The molecule has 0 aliphatic carbocycles. The second-order valence-electron chi connectivity index (χ2n) is 3.57. The van der Waals surface area contributed by atoms with Crippen molar-refractivity contribution >= 4 is 16.9 Å². The highest BCUT2D eigenvalue weighted by Crippen LogP contribution is 2.22. The van der Waals surface area contributed by atoms with Gasteiger partial charge in [-0.05, 0) is 24.3 Å². The van der Waals surface area contributed by atoms with Crippen LogP contribution >= 0.6 is 11.8 Å². The number of nitrogens with two attached hydrogens (primary N) is 1. The zero-order chi connectivity index (χ0) is 14.5. The molecule has 0 fully saturated rings. The molecule has 0 atom stereocenters. The first-order chi connectivity index (χ1) is 9.54. The molecule has 6 nitrogen and oxygen atoms in total. The molecule has 0 saturated heterocycles. The normalized spacial score (nSPS) is 10.8. The van der Waals surface area contributed by atoms with Crippen molar-refractivity contribution in [2.45, 2.75) is 12.4 Å². The Labute approximate surface area is 116 Å². The lowest BCUT2D eigenvalue weighted by molar-refractivity contribution is -0.0498. The Bertz CT molecular complexity index is 588. The van der Waals surface area contributed by atoms with E-state index in [9.17, 15) is 8.78 Å². The second-order valence-corrected chi connectivity index (χ2v) is 4.58. The standard InChI is InChI=1S/C11H10F2N4O2S/c12-10(13)18-7-3-1-6(2-4-7)9-16-8(19-17-9)5-20-11(14)15/h1-4,10H,5H2,(H3,14,15). The zero-order valence-electron chi connectivity index (χ0n) is 10.0. The summed E-state index contributed by atoms with van der Waals surface area (Å²) >= 11 is 1.06. The average Bonchev–Trinajstić information content (AvgIpc) is 2.85. The van der Waals surface area contributed by atoms with Crippen LogP contribution in [0.15, 0.2) is 28.8 Å². The largest absolute Gasteiger partial charge is 0.435 e. The molecule has 2 aromatic rings. The van der Waals surface area contributed by atoms with Crippen molar-refractivity contribution in [3.05, 3.63) is 30.2 Å². The summed E-state index contributed by atoms with van der Waals surface area (Å²) in [5, 5.41) is 10.8.